The number of benzene rings is 5. The average molecular weight is 1600 g/mol. The monoisotopic (exact) mass is 1600 g/mol. The van der Waals surface area contributed by atoms with Crippen LogP contribution in [-0.2, 0) is 82.7 Å². The van der Waals surface area contributed by atoms with Crippen LogP contribution in [0.25, 0.3) is 0 Å². The van der Waals surface area contributed by atoms with Crippen LogP contribution >= 0.6 is 0 Å². The number of rotatable bonds is 41. The summed E-state index contributed by atoms with van der Waals surface area (Å²) >= 11 is 0. The number of carbonyl (C=O) groups excluding carboxylic acids is 11. The van der Waals surface area contributed by atoms with Crippen LogP contribution in [0, 0.1) is 25.7 Å². The number of amides is 9. The standard InChI is InChI=1S/C84H108N12O16SSi/c1-52(2)42-67(94-83(107)70-23-19-39-96(70)57(8)97)79(103)88-51-74(99)90-65(35-29-58-20-15-14-16-21-58)80(104)93-69(46-59-27-33-64(34-28-59)111-40-41-114(11,12)13)82(106)92-68(43-53(3)4)81(105)91-66-45-54(5)44-55(6)76(66)84(9,10)48-75(100)112-56(7)77(101)61-30-25-60(26-31-61)47-73(98)85-37-38-86-78(102)63-32-36-72(87-49-63)95-89-50-62-22-17-18-24-71(62)113(108,109)110/h14-18,20-22,24-28,30-34,36,44-45,49-50,52-53,65,67-70H,7,19,23,29,35,37-43,46-48,51H2,1-6,8-13H3,(H,85,98)(H,86,102)(H,87,95)(H,88,103)(H,90,99)(H,91,105)(H,92,106)(H,93,104)(H,94,107)(H,108,109,110)/b89-50+/t65-,67-,68-,69-,70-/m0/s1. The number of hydrazone groups is 1. The first kappa shape index (κ1) is 90.0. The first-order valence-corrected chi connectivity index (χ1v) is 43.3. The molecule has 1 aliphatic heterocycles. The van der Waals surface area contributed by atoms with Gasteiger partial charge in [0.15, 0.2) is 5.76 Å². The molecule has 0 radical (unpaired) electrons. The van der Waals surface area contributed by atoms with E-state index in [2.05, 4.69) is 84.3 Å². The molecule has 0 bridgehead atoms. The number of nitrogens with one attached hydrogen (secondary N) is 9. The SMILES string of the molecule is C=C(OC(=O)CC(C)(C)c1c(C)cc(C)cc1NC(=O)[C@H](CC(C)C)NC(=O)[C@H](Cc1ccc(OCC[Si](C)(C)C)cc1)NC(=O)[C@H](CCc1ccccc1)NC(=O)CNC(=O)[C@H](CC(C)C)NC(=O)[C@@H]1CCCN1C(C)=O)C(=O)c1ccc(CC(=O)NCCNC(=O)c2ccc(N/N=C/c3ccccc3S(=O)(=O)O)nc2)cc1. The van der Waals surface area contributed by atoms with E-state index in [1.807, 2.05) is 77.9 Å². The highest BCUT2D eigenvalue weighted by atomic mass is 32.2. The largest absolute Gasteiger partial charge is 0.494 e. The summed E-state index contributed by atoms with van der Waals surface area (Å²) in [5.41, 5.74) is 6.43. The van der Waals surface area contributed by atoms with Crippen molar-refractivity contribution in [2.75, 3.05) is 43.5 Å². The van der Waals surface area contributed by atoms with E-state index in [4.69, 9.17) is 9.47 Å². The number of likely N-dealkylation sites (tertiary alicyclic amines) is 1. The van der Waals surface area contributed by atoms with Gasteiger partial charge in [0, 0.05) is 69.5 Å². The van der Waals surface area contributed by atoms with Gasteiger partial charge < -0.3 is 56.9 Å². The molecule has 0 saturated carbocycles. The van der Waals surface area contributed by atoms with Crippen LogP contribution in [0.3, 0.4) is 0 Å². The molecule has 9 amide bonds. The fourth-order valence-corrected chi connectivity index (χ4v) is 14.5. The van der Waals surface area contributed by atoms with E-state index in [9.17, 15) is 60.9 Å². The van der Waals surface area contributed by atoms with Crippen LogP contribution < -0.4 is 52.7 Å². The number of nitrogens with zero attached hydrogens (tertiary/aromatic N) is 3. The van der Waals surface area contributed by atoms with E-state index in [0.29, 0.717) is 66.1 Å². The van der Waals surface area contributed by atoms with Crippen LogP contribution in [0.2, 0.25) is 25.7 Å². The summed E-state index contributed by atoms with van der Waals surface area (Å²) in [7, 11) is -5.90. The molecular formula is C84H108N12O16SSi. The average Bonchev–Trinajstić information content (AvgIpc) is 0.842. The predicted molar refractivity (Wildman–Crippen MR) is 438 cm³/mol. The second-order valence-corrected chi connectivity index (χ2v) is 38.3. The highest BCUT2D eigenvalue weighted by Gasteiger charge is 2.37. The van der Waals surface area contributed by atoms with Crippen molar-refractivity contribution in [1.82, 2.24) is 47.1 Å². The molecule has 6 aromatic rings. The van der Waals surface area contributed by atoms with Crippen molar-refractivity contribution in [2.24, 2.45) is 16.9 Å². The van der Waals surface area contributed by atoms with Crippen LogP contribution in [0.1, 0.15) is 147 Å². The number of pyridine rings is 1. The zero-order valence-corrected chi connectivity index (χ0v) is 68.8. The summed E-state index contributed by atoms with van der Waals surface area (Å²) in [6.45, 7) is 27.2. The third-order valence-electron chi connectivity index (χ3n) is 18.8. The second kappa shape index (κ2) is 42.0. The van der Waals surface area contributed by atoms with Crippen LogP contribution in [0.4, 0.5) is 11.5 Å². The summed E-state index contributed by atoms with van der Waals surface area (Å²) in [6.07, 6.45) is 3.87. The molecule has 0 unspecified atom stereocenters. The first-order chi connectivity index (χ1) is 53.8. The summed E-state index contributed by atoms with van der Waals surface area (Å²) in [5, 5.41) is 26.5. The van der Waals surface area contributed by atoms with E-state index in [1.165, 1.54) is 66.7 Å². The second-order valence-electron chi connectivity index (χ2n) is 31.3. The molecule has 1 aromatic heterocycles. The van der Waals surface area contributed by atoms with Crippen molar-refractivity contribution in [3.05, 3.63) is 196 Å². The van der Waals surface area contributed by atoms with Crippen LogP contribution in [-0.4, -0.2) is 165 Å². The number of hydrogen-bond acceptors (Lipinski definition) is 18. The lowest BCUT2D eigenvalue weighted by Gasteiger charge is -2.30. The summed E-state index contributed by atoms with van der Waals surface area (Å²) in [6, 6.07) is 30.2. The highest BCUT2D eigenvalue weighted by Crippen LogP contribution is 2.38. The number of carbonyl (C=O) groups is 11. The molecule has 30 heteroatoms. The maximum atomic E-state index is 15.1. The molecular weight excluding hydrogens is 1490 g/mol. The molecule has 1 saturated heterocycles. The Bertz CT molecular complexity index is 4570. The quantitative estimate of drug-likeness (QED) is 0.00197. The molecule has 5 aromatic carbocycles. The van der Waals surface area contributed by atoms with Gasteiger partial charge in [-0.05, 0) is 140 Å². The Morgan fingerprint density at radius 2 is 1.32 bits per heavy atom. The Balaban J connectivity index is 0.984. The normalized spacial score (nSPS) is 14.0. The Morgan fingerprint density at radius 3 is 1.96 bits per heavy atom. The third kappa shape index (κ3) is 28.7. The van der Waals surface area contributed by atoms with Crippen LogP contribution in [0.15, 0.2) is 156 Å². The van der Waals surface area contributed by atoms with Gasteiger partial charge in [0.2, 0.25) is 53.0 Å². The zero-order valence-electron chi connectivity index (χ0n) is 67.0. The smallest absolute Gasteiger partial charge is 0.312 e. The lowest BCUT2D eigenvalue weighted by molar-refractivity contribution is -0.140. The molecule has 1 aliphatic rings. The lowest BCUT2D eigenvalue weighted by Crippen LogP contribution is -2.58. The van der Waals surface area contributed by atoms with Gasteiger partial charge in [-0.15, -0.1) is 0 Å². The van der Waals surface area contributed by atoms with Gasteiger partial charge in [-0.25, -0.2) is 4.98 Å². The number of esters is 1. The van der Waals surface area contributed by atoms with Crippen LogP contribution in [0.5, 0.6) is 5.75 Å². The van der Waals surface area contributed by atoms with Gasteiger partial charge in [0.25, 0.3) is 16.0 Å². The number of anilines is 2. The van der Waals surface area contributed by atoms with Crippen molar-refractivity contribution < 1.29 is 75.2 Å². The Labute approximate surface area is 668 Å². The predicted octanol–water partition coefficient (Wildman–Crippen LogP) is 8.78. The molecule has 2 heterocycles. The third-order valence-corrected chi connectivity index (χ3v) is 21.4. The summed E-state index contributed by atoms with van der Waals surface area (Å²) < 4.78 is 44.5. The molecule has 1 fully saturated rings. The molecule has 610 valence electrons. The Morgan fingerprint density at radius 1 is 0.702 bits per heavy atom. The summed E-state index contributed by atoms with van der Waals surface area (Å²) in [4.78, 5) is 157. The van der Waals surface area contributed by atoms with Gasteiger partial charge in [-0.1, -0.05) is 159 Å². The van der Waals surface area contributed by atoms with Gasteiger partial charge in [0.05, 0.1) is 37.8 Å². The number of Topliss-reactive ketones (excluding diaryl/α,β-unsaturated/α-hetero) is 1. The van der Waals surface area contributed by atoms with Gasteiger partial charge >= 0.3 is 5.97 Å². The number of allylic oxidation sites excluding steroid dienone is 1. The van der Waals surface area contributed by atoms with E-state index in [1.54, 1.807) is 62.4 Å². The van der Waals surface area contributed by atoms with E-state index < -0.39 is 119 Å². The topological polar surface area (TPSA) is 397 Å². The lowest BCUT2D eigenvalue weighted by atomic mass is 9.77. The van der Waals surface area contributed by atoms with E-state index in [-0.39, 0.29) is 103 Å². The van der Waals surface area contributed by atoms with Crippen molar-refractivity contribution in [3.8, 4) is 5.75 Å². The number of aromatic nitrogens is 1. The first-order valence-electron chi connectivity index (χ1n) is 38.2. The van der Waals surface area contributed by atoms with E-state index in [0.717, 1.165) is 17.2 Å². The van der Waals surface area contributed by atoms with Crippen molar-refractivity contribution in [3.63, 3.8) is 0 Å². The molecule has 0 aliphatic carbocycles. The Kier molecular flexibility index (Phi) is 33.2. The van der Waals surface area contributed by atoms with E-state index >= 15 is 4.79 Å². The summed E-state index contributed by atoms with van der Waals surface area (Å²) in [5.74, 6) is -6.28. The molecule has 0 spiro atoms. The fraction of sp³-hybridized carbons (Fsp3) is 0.417. The minimum atomic E-state index is -4.48. The zero-order chi connectivity index (χ0) is 83.6. The molecule has 7 rings (SSSR count). The van der Waals surface area contributed by atoms with Gasteiger partial charge in [-0.2, -0.15) is 13.5 Å². The fourth-order valence-electron chi connectivity index (χ4n) is 13.1. The number of ketones is 1. The number of hydrogen-bond donors (Lipinski definition) is 10. The van der Waals surface area contributed by atoms with Crippen molar-refractivity contribution >= 4 is 101 Å². The van der Waals surface area contributed by atoms with Crippen molar-refractivity contribution in [2.45, 2.75) is 186 Å². The minimum absolute atomic E-state index is 0.0496. The minimum Gasteiger partial charge on any atom is -0.494 e. The number of aryl methyl sites for hydroxylation is 3. The highest BCUT2D eigenvalue weighted by molar-refractivity contribution is 7.86. The molecule has 10 N–H and O–H groups in total. The Hall–Kier alpha value is -11.2. The number of ether oxygens (including phenoxy) is 2. The molecule has 5 atom stereocenters. The molecule has 114 heavy (non-hydrogen) atoms. The van der Waals surface area contributed by atoms with Crippen molar-refractivity contribution in [1.29, 1.82) is 0 Å². The van der Waals surface area contributed by atoms with Gasteiger partial charge in [-0.3, -0.25) is 62.7 Å². The van der Waals surface area contributed by atoms with Gasteiger partial charge in [0.1, 0.15) is 46.7 Å². The maximum absolute atomic E-state index is 15.1. The molecule has 28 nitrogen and oxygen atoms in total. The maximum Gasteiger partial charge on any atom is 0.312 e.